The lowest BCUT2D eigenvalue weighted by molar-refractivity contribution is -0.159. The van der Waals surface area contributed by atoms with Gasteiger partial charge in [-0.25, -0.2) is 0 Å². The molecule has 4 aliphatic carbocycles. The van der Waals surface area contributed by atoms with Gasteiger partial charge in [-0.15, -0.1) is 0 Å². The van der Waals surface area contributed by atoms with Crippen LogP contribution in [0, 0.1) is 33.5 Å². The zero-order chi connectivity index (χ0) is 24.4. The minimum Gasteiger partial charge on any atom is -0.459 e. The van der Waals surface area contributed by atoms with Gasteiger partial charge in [0.2, 0.25) is 0 Å². The summed E-state index contributed by atoms with van der Waals surface area (Å²) in [6.07, 6.45) is 1.40. The predicted octanol–water partition coefficient (Wildman–Crippen LogP) is 3.52. The van der Waals surface area contributed by atoms with Crippen molar-refractivity contribution in [2.75, 3.05) is 0 Å². The van der Waals surface area contributed by atoms with E-state index in [-0.39, 0.29) is 35.8 Å². The average molecular weight is 459 g/mol. The lowest BCUT2D eigenvalue weighted by Crippen LogP contribution is -2.61. The maximum absolute atomic E-state index is 14.0. The fourth-order valence-electron chi connectivity index (χ4n) is 9.16. The van der Waals surface area contributed by atoms with Crippen LogP contribution in [0.15, 0.2) is 11.1 Å². The summed E-state index contributed by atoms with van der Waals surface area (Å²) in [5, 5.41) is 23.2. The van der Waals surface area contributed by atoms with Crippen LogP contribution in [0.25, 0.3) is 0 Å². The molecule has 1 saturated heterocycles. The Balaban J connectivity index is 1.69. The van der Waals surface area contributed by atoms with Gasteiger partial charge in [-0.3, -0.25) is 14.4 Å². The van der Waals surface area contributed by atoms with E-state index in [0.717, 1.165) is 0 Å². The molecule has 5 rings (SSSR count). The number of rotatable bonds is 1. The summed E-state index contributed by atoms with van der Waals surface area (Å²) in [5.41, 5.74) is -1.95. The molecule has 8 atom stereocenters. The molecule has 2 saturated carbocycles. The largest absolute Gasteiger partial charge is 0.459 e. The monoisotopic (exact) mass is 458 g/mol. The summed E-state index contributed by atoms with van der Waals surface area (Å²) in [6.45, 7) is 12.0. The third-order valence-corrected chi connectivity index (χ3v) is 11.2. The van der Waals surface area contributed by atoms with Gasteiger partial charge in [0, 0.05) is 47.0 Å². The van der Waals surface area contributed by atoms with Crippen LogP contribution in [0.2, 0.25) is 0 Å². The molecule has 1 heterocycles. The van der Waals surface area contributed by atoms with Crippen molar-refractivity contribution >= 4 is 17.5 Å². The zero-order valence-corrected chi connectivity index (χ0v) is 20.8. The number of hydrogen-bond donors (Lipinski definition) is 2. The highest BCUT2D eigenvalue weighted by Crippen LogP contribution is 2.72. The minimum absolute atomic E-state index is 0.0217. The quantitative estimate of drug-likeness (QED) is 0.583. The van der Waals surface area contributed by atoms with Crippen molar-refractivity contribution in [3.8, 4) is 0 Å². The summed E-state index contributed by atoms with van der Waals surface area (Å²) >= 11 is 0. The van der Waals surface area contributed by atoms with Gasteiger partial charge in [-0.05, 0) is 49.5 Å². The Kier molecular flexibility index (Phi) is 4.62. The van der Waals surface area contributed by atoms with Crippen LogP contribution >= 0.6 is 0 Å². The van der Waals surface area contributed by atoms with Crippen LogP contribution < -0.4 is 0 Å². The van der Waals surface area contributed by atoms with Gasteiger partial charge in [-0.1, -0.05) is 34.6 Å². The highest BCUT2D eigenvalue weighted by atomic mass is 16.6. The number of aliphatic hydroxyl groups is 2. The number of esters is 1. The molecule has 8 unspecified atom stereocenters. The van der Waals surface area contributed by atoms with Crippen LogP contribution in [0.5, 0.6) is 0 Å². The second kappa shape index (κ2) is 6.57. The Morgan fingerprint density at radius 3 is 2.15 bits per heavy atom. The molecule has 6 nitrogen and oxygen atoms in total. The van der Waals surface area contributed by atoms with Gasteiger partial charge >= 0.3 is 5.97 Å². The summed E-state index contributed by atoms with van der Waals surface area (Å²) in [5.74, 6) is -0.324. The molecule has 1 aliphatic heterocycles. The summed E-state index contributed by atoms with van der Waals surface area (Å²) in [7, 11) is 0. The minimum atomic E-state index is -0.885. The molecule has 0 aromatic heterocycles. The van der Waals surface area contributed by atoms with Gasteiger partial charge in [0.1, 0.15) is 11.4 Å². The van der Waals surface area contributed by atoms with Crippen LogP contribution in [-0.2, 0) is 19.1 Å². The first-order valence-corrected chi connectivity index (χ1v) is 12.5. The maximum Gasteiger partial charge on any atom is 0.306 e. The molecular weight excluding hydrogens is 420 g/mol. The lowest BCUT2D eigenvalue weighted by Gasteiger charge is -2.61. The highest BCUT2D eigenvalue weighted by molar-refractivity contribution is 6.01. The Morgan fingerprint density at radius 1 is 0.879 bits per heavy atom. The zero-order valence-electron chi connectivity index (χ0n) is 20.8. The van der Waals surface area contributed by atoms with Crippen molar-refractivity contribution in [2.45, 2.75) is 104 Å². The molecule has 33 heavy (non-hydrogen) atoms. The summed E-state index contributed by atoms with van der Waals surface area (Å²) in [6, 6.07) is 0. The topological polar surface area (TPSA) is 101 Å². The Hall–Kier alpha value is -1.53. The van der Waals surface area contributed by atoms with Crippen LogP contribution in [-0.4, -0.2) is 45.6 Å². The van der Waals surface area contributed by atoms with Crippen molar-refractivity contribution in [1.29, 1.82) is 0 Å². The van der Waals surface area contributed by atoms with E-state index in [9.17, 15) is 24.6 Å². The third kappa shape index (κ3) is 2.60. The first-order valence-electron chi connectivity index (χ1n) is 12.5. The van der Waals surface area contributed by atoms with Gasteiger partial charge in [-0.2, -0.15) is 0 Å². The molecule has 3 fully saturated rings. The van der Waals surface area contributed by atoms with Crippen LogP contribution in [0.1, 0.15) is 86.5 Å². The second-order valence-corrected chi connectivity index (χ2v) is 13.0. The number of cyclic esters (lactones) is 1. The number of ether oxygens (including phenoxy) is 1. The predicted molar refractivity (Wildman–Crippen MR) is 121 cm³/mol. The number of carbonyl (C=O) groups excluding carboxylic acids is 3. The van der Waals surface area contributed by atoms with Crippen molar-refractivity contribution in [3.63, 3.8) is 0 Å². The molecule has 0 amide bonds. The lowest BCUT2D eigenvalue weighted by atomic mass is 9.42. The van der Waals surface area contributed by atoms with Crippen LogP contribution in [0.3, 0.4) is 0 Å². The van der Waals surface area contributed by atoms with E-state index in [0.29, 0.717) is 49.7 Å². The van der Waals surface area contributed by atoms with Crippen molar-refractivity contribution in [1.82, 2.24) is 0 Å². The van der Waals surface area contributed by atoms with Crippen LogP contribution in [0.4, 0.5) is 0 Å². The first-order chi connectivity index (χ1) is 15.1. The normalized spacial score (nSPS) is 51.2. The van der Waals surface area contributed by atoms with Gasteiger partial charge in [0.25, 0.3) is 0 Å². The fraction of sp³-hybridized carbons (Fsp3) is 0.815. The van der Waals surface area contributed by atoms with Crippen molar-refractivity contribution in [3.05, 3.63) is 11.1 Å². The van der Waals surface area contributed by atoms with E-state index < -0.39 is 39.5 Å². The average Bonchev–Trinajstić information content (AvgIpc) is 3.16. The number of fused-ring (bicyclic) bond motifs is 4. The molecule has 182 valence electrons. The van der Waals surface area contributed by atoms with Gasteiger partial charge < -0.3 is 14.9 Å². The Labute approximate surface area is 196 Å². The first kappa shape index (κ1) is 23.2. The van der Waals surface area contributed by atoms with E-state index in [1.807, 2.05) is 34.6 Å². The molecule has 5 aliphatic rings. The SMILES string of the molecule is CC1(C2CC(O)C3(C)C4=C(C(=O)CC23C)C2(C)CCC(=O)C(C)(C)C2CC4O)CCC(=O)O1. The van der Waals surface area contributed by atoms with E-state index >= 15 is 0 Å². The number of Topliss-reactive ketones (excluding diaryl/α,β-unsaturated/α-hetero) is 2. The van der Waals surface area contributed by atoms with E-state index in [4.69, 9.17) is 4.74 Å². The van der Waals surface area contributed by atoms with Gasteiger partial charge in [0.15, 0.2) is 5.78 Å². The van der Waals surface area contributed by atoms with Crippen molar-refractivity contribution < 1.29 is 29.3 Å². The number of carbonyl (C=O) groups is 3. The molecule has 2 N–H and O–H groups in total. The molecule has 0 aromatic carbocycles. The number of allylic oxidation sites excluding steroid dienone is 1. The van der Waals surface area contributed by atoms with E-state index in [1.165, 1.54) is 0 Å². The van der Waals surface area contributed by atoms with E-state index in [2.05, 4.69) is 6.92 Å². The summed E-state index contributed by atoms with van der Waals surface area (Å²) in [4.78, 5) is 38.9. The molecule has 0 radical (unpaired) electrons. The number of hydrogen-bond acceptors (Lipinski definition) is 6. The van der Waals surface area contributed by atoms with Crippen molar-refractivity contribution in [2.24, 2.45) is 33.5 Å². The summed E-state index contributed by atoms with van der Waals surface area (Å²) < 4.78 is 5.81. The molecule has 0 spiro atoms. The molecule has 6 heteroatoms. The Morgan fingerprint density at radius 2 is 1.55 bits per heavy atom. The third-order valence-electron chi connectivity index (χ3n) is 11.2. The number of ketones is 2. The molecular formula is C27H38O6. The van der Waals surface area contributed by atoms with E-state index in [1.54, 1.807) is 0 Å². The highest BCUT2D eigenvalue weighted by Gasteiger charge is 2.72. The molecule has 0 bridgehead atoms. The second-order valence-electron chi connectivity index (χ2n) is 13.0. The maximum atomic E-state index is 14.0. The molecule has 0 aromatic rings. The van der Waals surface area contributed by atoms with Gasteiger partial charge in [0.05, 0.1) is 12.2 Å². The standard InChI is InChI=1S/C27H38O6/c1-23(2)16-11-14(28)22-21(24(16,3)9-7-18(23)30)15(29)13-25(4)17(12-19(31)27(22,25)6)26(5)10-8-20(32)33-26/h14,16-17,19,28,31H,7-13H2,1-6H3. The number of aliphatic hydroxyl groups excluding tert-OH is 2. The Bertz CT molecular complexity index is 995. The smallest absolute Gasteiger partial charge is 0.306 e. The fourth-order valence-corrected chi connectivity index (χ4v) is 9.16.